The van der Waals surface area contributed by atoms with Crippen LogP contribution in [0.2, 0.25) is 0 Å². The third-order valence-electron chi connectivity index (χ3n) is 6.04. The highest BCUT2D eigenvalue weighted by molar-refractivity contribution is 9.10. The molecule has 6 nitrogen and oxygen atoms in total. The van der Waals surface area contributed by atoms with E-state index < -0.39 is 0 Å². The van der Waals surface area contributed by atoms with E-state index >= 15 is 0 Å². The Morgan fingerprint density at radius 1 is 1.05 bits per heavy atom. The molecule has 37 heavy (non-hydrogen) atoms. The molecule has 8 heteroatoms. The van der Waals surface area contributed by atoms with Crippen LogP contribution in [0.1, 0.15) is 55.6 Å². The Kier molecular flexibility index (Phi) is 8.82. The second-order valence-electron chi connectivity index (χ2n) is 8.83. The molecular formula is C29H29Br2N3O3. The number of aryl methyl sites for hydroxylation is 1. The molecule has 0 aliphatic heterocycles. The second kappa shape index (κ2) is 12.0. The fourth-order valence-electron chi connectivity index (χ4n) is 3.89. The zero-order valence-electron chi connectivity index (χ0n) is 21.3. The minimum absolute atomic E-state index is 0.0534. The number of fused-ring (bicyclic) bond motifs is 1. The molecule has 1 atom stereocenters. The Morgan fingerprint density at radius 3 is 2.57 bits per heavy atom. The van der Waals surface area contributed by atoms with Crippen molar-refractivity contribution in [3.8, 4) is 11.5 Å². The molecule has 0 aliphatic rings. The average Bonchev–Trinajstić information content (AvgIpc) is 2.88. The Balaban J connectivity index is 1.72. The highest BCUT2D eigenvalue weighted by Crippen LogP contribution is 2.34. The molecule has 0 saturated heterocycles. The molecule has 0 radical (unpaired) electrons. The largest absolute Gasteiger partial charge is 0.490 e. The average molecular weight is 627 g/mol. The summed E-state index contributed by atoms with van der Waals surface area (Å²) < 4.78 is 15.0. The Hall–Kier alpha value is -2.97. The first-order chi connectivity index (χ1) is 17.8. The fraction of sp³-hybridized carbons (Fsp3) is 0.276. The van der Waals surface area contributed by atoms with Gasteiger partial charge in [0.05, 0.1) is 23.7 Å². The van der Waals surface area contributed by atoms with Crippen LogP contribution in [0.3, 0.4) is 0 Å². The summed E-state index contributed by atoms with van der Waals surface area (Å²) in [5, 5.41) is 5.10. The van der Waals surface area contributed by atoms with Crippen LogP contribution in [0.4, 0.5) is 0 Å². The molecule has 0 spiro atoms. The van der Waals surface area contributed by atoms with Gasteiger partial charge in [0.1, 0.15) is 12.4 Å². The van der Waals surface area contributed by atoms with Crippen molar-refractivity contribution in [1.29, 1.82) is 0 Å². The lowest BCUT2D eigenvalue weighted by atomic mass is 10.1. The minimum atomic E-state index is -0.211. The molecule has 4 rings (SSSR count). The first-order valence-corrected chi connectivity index (χ1v) is 13.8. The van der Waals surface area contributed by atoms with Crippen molar-refractivity contribution in [1.82, 2.24) is 9.66 Å². The first-order valence-electron chi connectivity index (χ1n) is 12.2. The van der Waals surface area contributed by atoms with Crippen LogP contribution in [0.5, 0.6) is 11.5 Å². The van der Waals surface area contributed by atoms with E-state index in [1.807, 2.05) is 50.2 Å². The molecule has 4 aromatic rings. The molecule has 0 fully saturated rings. The quantitative estimate of drug-likeness (QED) is 0.179. The molecule has 1 aromatic heterocycles. The van der Waals surface area contributed by atoms with E-state index in [2.05, 4.69) is 62.9 Å². The van der Waals surface area contributed by atoms with E-state index in [1.165, 1.54) is 10.2 Å². The predicted octanol–water partition coefficient (Wildman–Crippen LogP) is 7.60. The van der Waals surface area contributed by atoms with Gasteiger partial charge in [-0.25, -0.2) is 4.98 Å². The lowest BCUT2D eigenvalue weighted by molar-refractivity contribution is 0.269. The molecular weight excluding hydrogens is 598 g/mol. The maximum Gasteiger partial charge on any atom is 0.282 e. The lowest BCUT2D eigenvalue weighted by Gasteiger charge is -2.15. The fourth-order valence-corrected chi connectivity index (χ4v) is 4.68. The van der Waals surface area contributed by atoms with Crippen molar-refractivity contribution < 1.29 is 9.47 Å². The SMILES string of the molecule is CCOc1cc(C=Nn2c([C@@H](C)CC)nc3ccc(Br)cc3c2=O)c(Br)cc1OCc1cccc(C)c1. The summed E-state index contributed by atoms with van der Waals surface area (Å²) in [6.45, 7) is 9.01. The number of rotatable bonds is 9. The van der Waals surface area contributed by atoms with Crippen molar-refractivity contribution in [3.63, 3.8) is 0 Å². The van der Waals surface area contributed by atoms with Gasteiger partial charge >= 0.3 is 0 Å². The number of nitrogens with zero attached hydrogens (tertiary/aromatic N) is 3. The van der Waals surface area contributed by atoms with Crippen LogP contribution < -0.4 is 15.0 Å². The molecule has 1 heterocycles. The van der Waals surface area contributed by atoms with Gasteiger partial charge in [0, 0.05) is 20.4 Å². The normalized spacial score (nSPS) is 12.3. The van der Waals surface area contributed by atoms with Gasteiger partial charge in [-0.3, -0.25) is 4.79 Å². The molecule has 0 N–H and O–H groups in total. The van der Waals surface area contributed by atoms with Crippen molar-refractivity contribution in [2.45, 2.75) is 46.6 Å². The molecule has 3 aromatic carbocycles. The van der Waals surface area contributed by atoms with Crippen LogP contribution in [-0.4, -0.2) is 22.5 Å². The maximum absolute atomic E-state index is 13.4. The zero-order chi connectivity index (χ0) is 26.5. The smallest absolute Gasteiger partial charge is 0.282 e. The van der Waals surface area contributed by atoms with Gasteiger partial charge in [-0.1, -0.05) is 59.6 Å². The summed E-state index contributed by atoms with van der Waals surface area (Å²) in [7, 11) is 0. The monoisotopic (exact) mass is 625 g/mol. The second-order valence-corrected chi connectivity index (χ2v) is 10.6. The Morgan fingerprint density at radius 2 is 1.84 bits per heavy atom. The molecule has 192 valence electrons. The molecule has 0 unspecified atom stereocenters. The van der Waals surface area contributed by atoms with Gasteiger partial charge in [-0.05, 0) is 72.1 Å². The van der Waals surface area contributed by atoms with E-state index in [0.29, 0.717) is 41.4 Å². The van der Waals surface area contributed by atoms with Gasteiger partial charge in [0.25, 0.3) is 5.56 Å². The van der Waals surface area contributed by atoms with Crippen molar-refractivity contribution in [2.24, 2.45) is 5.10 Å². The summed E-state index contributed by atoms with van der Waals surface area (Å²) in [5.41, 5.74) is 3.46. The van der Waals surface area contributed by atoms with Crippen LogP contribution >= 0.6 is 31.9 Å². The van der Waals surface area contributed by atoms with E-state index in [-0.39, 0.29) is 11.5 Å². The van der Waals surface area contributed by atoms with Gasteiger partial charge in [0.2, 0.25) is 0 Å². The number of aromatic nitrogens is 2. The van der Waals surface area contributed by atoms with Crippen molar-refractivity contribution in [2.75, 3.05) is 6.61 Å². The van der Waals surface area contributed by atoms with E-state index in [1.54, 1.807) is 12.3 Å². The minimum Gasteiger partial charge on any atom is -0.490 e. The van der Waals surface area contributed by atoms with Gasteiger partial charge in [0.15, 0.2) is 11.5 Å². The molecule has 0 aliphatic carbocycles. The number of hydrogen-bond donors (Lipinski definition) is 0. The lowest BCUT2D eigenvalue weighted by Crippen LogP contribution is -2.23. The highest BCUT2D eigenvalue weighted by atomic mass is 79.9. The zero-order valence-corrected chi connectivity index (χ0v) is 24.5. The summed E-state index contributed by atoms with van der Waals surface area (Å²) in [6, 6.07) is 17.5. The number of ether oxygens (including phenoxy) is 2. The van der Waals surface area contributed by atoms with E-state index in [4.69, 9.17) is 14.5 Å². The summed E-state index contributed by atoms with van der Waals surface area (Å²) in [6.07, 6.45) is 2.48. The van der Waals surface area contributed by atoms with Gasteiger partial charge in [-0.2, -0.15) is 9.78 Å². The number of hydrogen-bond acceptors (Lipinski definition) is 5. The predicted molar refractivity (Wildman–Crippen MR) is 156 cm³/mol. The van der Waals surface area contributed by atoms with E-state index in [0.717, 1.165) is 26.5 Å². The van der Waals surface area contributed by atoms with Gasteiger partial charge in [-0.15, -0.1) is 0 Å². The third-order valence-corrected chi connectivity index (χ3v) is 7.22. The summed E-state index contributed by atoms with van der Waals surface area (Å²) in [4.78, 5) is 18.2. The summed E-state index contributed by atoms with van der Waals surface area (Å²) >= 11 is 7.09. The van der Waals surface area contributed by atoms with Crippen LogP contribution in [-0.2, 0) is 6.61 Å². The highest BCUT2D eigenvalue weighted by Gasteiger charge is 2.16. The van der Waals surface area contributed by atoms with Crippen LogP contribution in [0.15, 0.2) is 73.4 Å². The molecule has 0 saturated carbocycles. The van der Waals surface area contributed by atoms with Gasteiger partial charge < -0.3 is 9.47 Å². The van der Waals surface area contributed by atoms with Crippen LogP contribution in [0, 0.1) is 6.92 Å². The summed E-state index contributed by atoms with van der Waals surface area (Å²) in [5.74, 6) is 1.91. The molecule has 0 bridgehead atoms. The molecule has 0 amide bonds. The number of halogens is 2. The van der Waals surface area contributed by atoms with E-state index in [9.17, 15) is 4.79 Å². The Labute approximate surface area is 233 Å². The first kappa shape index (κ1) is 27.1. The third kappa shape index (κ3) is 6.30. The topological polar surface area (TPSA) is 65.7 Å². The maximum atomic E-state index is 13.4. The standard InChI is InChI=1S/C29H29Br2N3O3/c1-5-19(4)28-33-25-11-10-22(30)14-23(25)29(35)34(28)32-16-21-13-26(36-6-2)27(15-24(21)31)37-17-20-9-7-8-18(3)12-20/h7-16,19H,5-6,17H2,1-4H3/t19-/m0/s1. The van der Waals surface area contributed by atoms with Crippen molar-refractivity contribution >= 4 is 49.0 Å². The van der Waals surface area contributed by atoms with Crippen molar-refractivity contribution in [3.05, 3.63) is 96.4 Å². The number of benzene rings is 3. The Bertz CT molecular complexity index is 1510. The van der Waals surface area contributed by atoms with Crippen LogP contribution in [0.25, 0.3) is 10.9 Å².